The number of hydrogen-bond acceptors (Lipinski definition) is 2. The maximum absolute atomic E-state index is 11.8. The van der Waals surface area contributed by atoms with E-state index in [1.54, 1.807) is 12.1 Å². The minimum Gasteiger partial charge on any atom is -0.462 e. The predicted molar refractivity (Wildman–Crippen MR) is 77.0 cm³/mol. The van der Waals surface area contributed by atoms with E-state index in [0.717, 1.165) is 12.3 Å². The molecule has 1 aromatic carbocycles. The number of esters is 1. The van der Waals surface area contributed by atoms with Gasteiger partial charge in [0.2, 0.25) is 0 Å². The molecule has 0 saturated heterocycles. The Labute approximate surface area is 115 Å². The summed E-state index contributed by atoms with van der Waals surface area (Å²) in [5, 5.41) is 0. The number of ether oxygens (including phenoxy) is 1. The molecule has 0 spiro atoms. The summed E-state index contributed by atoms with van der Waals surface area (Å²) < 4.78 is 5.31. The molecule has 19 heavy (non-hydrogen) atoms. The van der Waals surface area contributed by atoms with Crippen LogP contribution >= 0.6 is 0 Å². The average Bonchev–Trinajstić information content (AvgIpc) is 3.21. The molecule has 102 valence electrons. The molecule has 0 aromatic heterocycles. The Balaban J connectivity index is 1.74. The van der Waals surface area contributed by atoms with Crippen molar-refractivity contribution in [2.75, 3.05) is 6.61 Å². The molecule has 1 aliphatic rings. The number of carbonyl (C=O) groups excluding carboxylic acids is 1. The minimum absolute atomic E-state index is 0.0968. The molecule has 0 N–H and O–H groups in total. The van der Waals surface area contributed by atoms with Gasteiger partial charge in [0, 0.05) is 0 Å². The van der Waals surface area contributed by atoms with E-state index in [2.05, 4.69) is 26.0 Å². The first-order chi connectivity index (χ1) is 9.07. The number of allylic oxidation sites excluding steroid dienone is 2. The molecule has 1 saturated carbocycles. The maximum Gasteiger partial charge on any atom is 0.338 e. The van der Waals surface area contributed by atoms with E-state index in [9.17, 15) is 4.79 Å². The van der Waals surface area contributed by atoms with Crippen molar-refractivity contribution >= 4 is 5.97 Å². The van der Waals surface area contributed by atoms with Crippen LogP contribution in [0.5, 0.6) is 0 Å². The molecule has 1 aliphatic carbocycles. The predicted octanol–water partition coefficient (Wildman–Crippen LogP) is 4.23. The molecule has 0 unspecified atom stereocenters. The van der Waals surface area contributed by atoms with Gasteiger partial charge in [-0.1, -0.05) is 44.2 Å². The van der Waals surface area contributed by atoms with Crippen LogP contribution in [0.2, 0.25) is 0 Å². The molecule has 0 radical (unpaired) electrons. The van der Waals surface area contributed by atoms with Crippen molar-refractivity contribution in [2.24, 2.45) is 11.3 Å². The van der Waals surface area contributed by atoms with Crippen LogP contribution in [0.4, 0.5) is 0 Å². The van der Waals surface area contributed by atoms with Gasteiger partial charge in [0.25, 0.3) is 0 Å². The van der Waals surface area contributed by atoms with E-state index < -0.39 is 0 Å². The highest BCUT2D eigenvalue weighted by Gasteiger charge is 2.20. The minimum atomic E-state index is -0.234. The standard InChI is InChI=1S/C17H22O2/c1-17(2,11-10-14-8-9-14)12-13-19-16(18)15-6-4-3-5-7-15/h3-7,10-11,14H,8-9,12-13H2,1-2H3/b11-10+. The molecule has 0 atom stereocenters. The van der Waals surface area contributed by atoms with E-state index >= 15 is 0 Å². The summed E-state index contributed by atoms with van der Waals surface area (Å²) in [5.41, 5.74) is 0.716. The molecule has 2 nitrogen and oxygen atoms in total. The number of benzene rings is 1. The van der Waals surface area contributed by atoms with Gasteiger partial charge in [-0.15, -0.1) is 0 Å². The molecule has 1 fully saturated rings. The smallest absolute Gasteiger partial charge is 0.338 e. The highest BCUT2D eigenvalue weighted by molar-refractivity contribution is 5.89. The molecule has 2 heteroatoms. The van der Waals surface area contributed by atoms with E-state index in [4.69, 9.17) is 4.74 Å². The SMILES string of the molecule is CC(C)(/C=C/C1CC1)CCOC(=O)c1ccccc1. The van der Waals surface area contributed by atoms with Gasteiger partial charge in [-0.2, -0.15) is 0 Å². The lowest BCUT2D eigenvalue weighted by molar-refractivity contribution is 0.0473. The molecule has 0 aliphatic heterocycles. The Bertz CT molecular complexity index is 442. The number of carbonyl (C=O) groups is 1. The van der Waals surface area contributed by atoms with Crippen LogP contribution in [0.15, 0.2) is 42.5 Å². The fourth-order valence-corrected chi connectivity index (χ4v) is 1.83. The fourth-order valence-electron chi connectivity index (χ4n) is 1.83. The van der Waals surface area contributed by atoms with Crippen LogP contribution in [-0.4, -0.2) is 12.6 Å². The number of hydrogen-bond donors (Lipinski definition) is 0. The normalized spacial score (nSPS) is 15.7. The van der Waals surface area contributed by atoms with Gasteiger partial charge >= 0.3 is 5.97 Å². The lowest BCUT2D eigenvalue weighted by atomic mass is 9.89. The van der Waals surface area contributed by atoms with E-state index in [-0.39, 0.29) is 11.4 Å². The fraction of sp³-hybridized carbons (Fsp3) is 0.471. The topological polar surface area (TPSA) is 26.3 Å². The maximum atomic E-state index is 11.8. The van der Waals surface area contributed by atoms with Crippen molar-refractivity contribution in [1.82, 2.24) is 0 Å². The first-order valence-corrected chi connectivity index (χ1v) is 6.98. The molecular weight excluding hydrogens is 236 g/mol. The second kappa shape index (κ2) is 6.05. The molecule has 0 heterocycles. The van der Waals surface area contributed by atoms with E-state index in [1.165, 1.54) is 12.8 Å². The Morgan fingerprint density at radius 2 is 2.00 bits per heavy atom. The summed E-state index contributed by atoms with van der Waals surface area (Å²) in [4.78, 5) is 11.8. The van der Waals surface area contributed by atoms with Crippen molar-refractivity contribution in [1.29, 1.82) is 0 Å². The van der Waals surface area contributed by atoms with E-state index in [1.807, 2.05) is 18.2 Å². The first kappa shape index (κ1) is 13.9. The first-order valence-electron chi connectivity index (χ1n) is 6.98. The Kier molecular flexibility index (Phi) is 4.41. The Morgan fingerprint density at radius 3 is 2.63 bits per heavy atom. The summed E-state index contributed by atoms with van der Waals surface area (Å²) in [6, 6.07) is 9.14. The lowest BCUT2D eigenvalue weighted by Crippen LogP contribution is -2.14. The zero-order valence-corrected chi connectivity index (χ0v) is 11.8. The summed E-state index contributed by atoms with van der Waals surface area (Å²) in [7, 11) is 0. The van der Waals surface area contributed by atoms with Crippen LogP contribution in [0.3, 0.4) is 0 Å². The van der Waals surface area contributed by atoms with Crippen molar-refractivity contribution in [2.45, 2.75) is 33.1 Å². The summed E-state index contributed by atoms with van der Waals surface area (Å²) >= 11 is 0. The quantitative estimate of drug-likeness (QED) is 0.564. The van der Waals surface area contributed by atoms with Crippen molar-refractivity contribution in [3.63, 3.8) is 0 Å². The van der Waals surface area contributed by atoms with Crippen molar-refractivity contribution in [3.8, 4) is 0 Å². The van der Waals surface area contributed by atoms with Gasteiger partial charge < -0.3 is 4.74 Å². The van der Waals surface area contributed by atoms with Crippen LogP contribution in [0.1, 0.15) is 43.5 Å². The number of rotatable bonds is 6. The highest BCUT2D eigenvalue weighted by Crippen LogP contribution is 2.33. The third-order valence-electron chi connectivity index (χ3n) is 3.43. The monoisotopic (exact) mass is 258 g/mol. The van der Waals surface area contributed by atoms with Crippen LogP contribution in [-0.2, 0) is 4.74 Å². The van der Waals surface area contributed by atoms with Gasteiger partial charge in [-0.25, -0.2) is 4.79 Å². The van der Waals surface area contributed by atoms with Crippen LogP contribution < -0.4 is 0 Å². The van der Waals surface area contributed by atoms with Gasteiger partial charge in [-0.3, -0.25) is 0 Å². The largest absolute Gasteiger partial charge is 0.462 e. The van der Waals surface area contributed by atoms with E-state index in [0.29, 0.717) is 12.2 Å². The molecule has 2 rings (SSSR count). The molecule has 1 aromatic rings. The molecule has 0 bridgehead atoms. The summed E-state index contributed by atoms with van der Waals surface area (Å²) in [6.45, 7) is 4.83. The lowest BCUT2D eigenvalue weighted by Gasteiger charge is -2.19. The van der Waals surface area contributed by atoms with Crippen molar-refractivity contribution < 1.29 is 9.53 Å². The molecular formula is C17H22O2. The zero-order valence-electron chi connectivity index (χ0n) is 11.8. The van der Waals surface area contributed by atoms with Crippen molar-refractivity contribution in [3.05, 3.63) is 48.0 Å². The second-order valence-corrected chi connectivity index (χ2v) is 5.94. The van der Waals surface area contributed by atoms with Gasteiger partial charge in [0.1, 0.15) is 0 Å². The highest BCUT2D eigenvalue weighted by atomic mass is 16.5. The van der Waals surface area contributed by atoms with Gasteiger partial charge in [0.15, 0.2) is 0 Å². The summed E-state index contributed by atoms with van der Waals surface area (Å²) in [6.07, 6.45) is 8.08. The molecule has 0 amide bonds. The van der Waals surface area contributed by atoms with Gasteiger partial charge in [-0.05, 0) is 42.7 Å². The Morgan fingerprint density at radius 1 is 1.32 bits per heavy atom. The third-order valence-corrected chi connectivity index (χ3v) is 3.43. The Hall–Kier alpha value is -1.57. The second-order valence-electron chi connectivity index (χ2n) is 5.94. The zero-order chi connectivity index (χ0) is 13.7. The third kappa shape index (κ3) is 4.90. The average molecular weight is 258 g/mol. The van der Waals surface area contributed by atoms with Crippen LogP contribution in [0.25, 0.3) is 0 Å². The van der Waals surface area contributed by atoms with Gasteiger partial charge in [0.05, 0.1) is 12.2 Å². The summed E-state index contributed by atoms with van der Waals surface area (Å²) in [5.74, 6) is 0.564. The van der Waals surface area contributed by atoms with Crippen LogP contribution in [0, 0.1) is 11.3 Å².